The molecule has 0 aliphatic heterocycles. The van der Waals surface area contributed by atoms with E-state index in [1.807, 2.05) is 19.1 Å². The van der Waals surface area contributed by atoms with Crippen molar-refractivity contribution in [2.75, 3.05) is 5.32 Å². The van der Waals surface area contributed by atoms with E-state index in [0.717, 1.165) is 23.3 Å². The van der Waals surface area contributed by atoms with E-state index < -0.39 is 0 Å². The summed E-state index contributed by atoms with van der Waals surface area (Å²) in [4.78, 5) is 16.6. The Balaban J connectivity index is 1.46. The van der Waals surface area contributed by atoms with Crippen molar-refractivity contribution in [2.45, 2.75) is 51.0 Å². The number of urea groups is 1. The Kier molecular flexibility index (Phi) is 2.95. The first-order valence-corrected chi connectivity index (χ1v) is 8.13. The molecule has 0 aromatic carbocycles. The first-order chi connectivity index (χ1) is 10.1. The summed E-state index contributed by atoms with van der Waals surface area (Å²) in [5, 5.41) is 6.23. The van der Waals surface area contributed by atoms with E-state index in [0.29, 0.717) is 5.82 Å². The highest BCUT2D eigenvalue weighted by atomic mass is 16.2. The fourth-order valence-electron chi connectivity index (χ4n) is 5.26. The van der Waals surface area contributed by atoms with Gasteiger partial charge in [0.05, 0.1) is 0 Å². The summed E-state index contributed by atoms with van der Waals surface area (Å²) in [7, 11) is 0. The van der Waals surface area contributed by atoms with Crippen LogP contribution in [-0.4, -0.2) is 16.6 Å². The zero-order valence-corrected chi connectivity index (χ0v) is 12.6. The number of amides is 2. The molecule has 4 aliphatic rings. The Morgan fingerprint density at radius 3 is 2.38 bits per heavy atom. The molecule has 1 aromatic heterocycles. The van der Waals surface area contributed by atoms with Crippen molar-refractivity contribution in [1.82, 2.24) is 10.3 Å². The number of hydrogen-bond donors (Lipinski definition) is 2. The highest BCUT2D eigenvalue weighted by Gasteiger charge is 2.51. The van der Waals surface area contributed by atoms with Crippen LogP contribution in [0.4, 0.5) is 10.6 Å². The number of rotatable bonds is 2. The maximum absolute atomic E-state index is 12.4. The lowest BCUT2D eigenvalue weighted by atomic mass is 9.53. The molecule has 2 N–H and O–H groups in total. The molecule has 21 heavy (non-hydrogen) atoms. The quantitative estimate of drug-likeness (QED) is 0.874. The molecule has 2 amide bonds. The van der Waals surface area contributed by atoms with Crippen LogP contribution >= 0.6 is 0 Å². The maximum atomic E-state index is 12.4. The van der Waals surface area contributed by atoms with Crippen molar-refractivity contribution in [3.05, 3.63) is 23.9 Å². The molecule has 5 rings (SSSR count). The Bertz CT molecular complexity index is 534. The second kappa shape index (κ2) is 4.72. The molecule has 112 valence electrons. The molecule has 1 heterocycles. The minimum Gasteiger partial charge on any atom is -0.332 e. The lowest BCUT2D eigenvalue weighted by Gasteiger charge is -2.56. The molecule has 4 aliphatic carbocycles. The smallest absolute Gasteiger partial charge is 0.320 e. The predicted molar refractivity (Wildman–Crippen MR) is 82.0 cm³/mol. The number of carbonyl (C=O) groups excluding carboxylic acids is 1. The molecule has 0 spiro atoms. The van der Waals surface area contributed by atoms with Crippen molar-refractivity contribution >= 4 is 11.8 Å². The van der Waals surface area contributed by atoms with E-state index in [1.54, 1.807) is 6.20 Å². The summed E-state index contributed by atoms with van der Waals surface area (Å²) in [6.07, 6.45) is 9.41. The molecule has 4 bridgehead atoms. The van der Waals surface area contributed by atoms with Crippen molar-refractivity contribution in [2.24, 2.45) is 17.8 Å². The first-order valence-electron chi connectivity index (χ1n) is 8.13. The van der Waals surface area contributed by atoms with Gasteiger partial charge in [-0.15, -0.1) is 0 Å². The van der Waals surface area contributed by atoms with E-state index in [-0.39, 0.29) is 11.6 Å². The standard InChI is InChI=1S/C17H23N3O/c1-11-3-2-4-18-15(11)19-16(21)20-17-8-12-5-13(9-17)7-14(6-12)10-17/h2-4,12-14H,5-10H2,1H3,(H2,18,19,20,21). The fraction of sp³-hybridized carbons (Fsp3) is 0.647. The average molecular weight is 285 g/mol. The molecule has 0 atom stereocenters. The van der Waals surface area contributed by atoms with E-state index in [1.165, 1.54) is 38.5 Å². The van der Waals surface area contributed by atoms with E-state index >= 15 is 0 Å². The molecule has 0 unspecified atom stereocenters. The SMILES string of the molecule is Cc1cccnc1NC(=O)NC12CC3CC(CC(C3)C1)C2. The Hall–Kier alpha value is -1.58. The lowest BCUT2D eigenvalue weighted by Crippen LogP contribution is -2.60. The second-order valence-corrected chi connectivity index (χ2v) is 7.45. The van der Waals surface area contributed by atoms with Crippen LogP contribution in [0.5, 0.6) is 0 Å². The highest BCUT2D eigenvalue weighted by Crippen LogP contribution is 2.55. The van der Waals surface area contributed by atoms with Crippen LogP contribution in [0.15, 0.2) is 18.3 Å². The van der Waals surface area contributed by atoms with Gasteiger partial charge < -0.3 is 5.32 Å². The zero-order chi connectivity index (χ0) is 14.4. The topological polar surface area (TPSA) is 54.0 Å². The number of nitrogens with zero attached hydrogens (tertiary/aromatic N) is 1. The van der Waals surface area contributed by atoms with Gasteiger partial charge in [-0.2, -0.15) is 0 Å². The third-order valence-electron chi connectivity index (χ3n) is 5.66. The van der Waals surface area contributed by atoms with Gasteiger partial charge in [0.15, 0.2) is 0 Å². The van der Waals surface area contributed by atoms with Crippen molar-refractivity contribution in [3.8, 4) is 0 Å². The Morgan fingerprint density at radius 1 is 1.19 bits per heavy atom. The van der Waals surface area contributed by atoms with Gasteiger partial charge in [0.2, 0.25) is 0 Å². The predicted octanol–water partition coefficient (Wildman–Crippen LogP) is 3.48. The average Bonchev–Trinajstić information content (AvgIpc) is 2.39. The van der Waals surface area contributed by atoms with Crippen molar-refractivity contribution in [3.63, 3.8) is 0 Å². The van der Waals surface area contributed by atoms with Gasteiger partial charge >= 0.3 is 6.03 Å². The summed E-state index contributed by atoms with van der Waals surface area (Å²) in [5.74, 6) is 3.19. The number of aromatic nitrogens is 1. The molecule has 0 radical (unpaired) electrons. The first kappa shape index (κ1) is 13.1. The van der Waals surface area contributed by atoms with E-state index in [4.69, 9.17) is 0 Å². The number of hydrogen-bond acceptors (Lipinski definition) is 2. The third-order valence-corrected chi connectivity index (χ3v) is 5.66. The Labute approximate surface area is 125 Å². The van der Waals surface area contributed by atoms with Gasteiger partial charge in [-0.3, -0.25) is 5.32 Å². The monoisotopic (exact) mass is 285 g/mol. The summed E-state index contributed by atoms with van der Waals surface area (Å²) in [5.41, 5.74) is 1.06. The van der Waals surface area contributed by atoms with Crippen molar-refractivity contribution in [1.29, 1.82) is 0 Å². The summed E-state index contributed by atoms with van der Waals surface area (Å²) in [6, 6.07) is 3.77. The summed E-state index contributed by atoms with van der Waals surface area (Å²) < 4.78 is 0. The molecule has 0 saturated heterocycles. The van der Waals surface area contributed by atoms with Crippen LogP contribution in [0.3, 0.4) is 0 Å². The van der Waals surface area contributed by atoms with E-state index in [2.05, 4.69) is 15.6 Å². The molecular weight excluding hydrogens is 262 g/mol. The number of pyridine rings is 1. The number of anilines is 1. The van der Waals surface area contributed by atoms with Crippen LogP contribution < -0.4 is 10.6 Å². The van der Waals surface area contributed by atoms with Gasteiger partial charge in [0.1, 0.15) is 5.82 Å². The van der Waals surface area contributed by atoms with Crippen LogP contribution in [0, 0.1) is 24.7 Å². The fourth-order valence-corrected chi connectivity index (χ4v) is 5.26. The second-order valence-electron chi connectivity index (χ2n) is 7.45. The summed E-state index contributed by atoms with van der Waals surface area (Å²) >= 11 is 0. The molecule has 4 nitrogen and oxygen atoms in total. The molecule has 1 aromatic rings. The maximum Gasteiger partial charge on any atom is 0.320 e. The number of aryl methyl sites for hydroxylation is 1. The minimum atomic E-state index is -0.0845. The summed E-state index contributed by atoms with van der Waals surface area (Å²) in [6.45, 7) is 1.97. The van der Waals surface area contributed by atoms with Crippen LogP contribution in [0.25, 0.3) is 0 Å². The van der Waals surface area contributed by atoms with Crippen molar-refractivity contribution < 1.29 is 4.79 Å². The van der Waals surface area contributed by atoms with Crippen LogP contribution in [-0.2, 0) is 0 Å². The molecule has 4 heteroatoms. The van der Waals surface area contributed by atoms with E-state index in [9.17, 15) is 4.79 Å². The normalized spacial score (nSPS) is 36.5. The van der Waals surface area contributed by atoms with Gasteiger partial charge in [0, 0.05) is 11.7 Å². The lowest BCUT2D eigenvalue weighted by molar-refractivity contribution is -0.0127. The Morgan fingerprint density at radius 2 is 1.81 bits per heavy atom. The minimum absolute atomic E-state index is 0.0571. The molecule has 4 saturated carbocycles. The van der Waals surface area contributed by atoms with Crippen LogP contribution in [0.1, 0.15) is 44.1 Å². The molecular formula is C17H23N3O. The van der Waals surface area contributed by atoms with Gasteiger partial charge in [0.25, 0.3) is 0 Å². The zero-order valence-electron chi connectivity index (χ0n) is 12.6. The molecule has 4 fully saturated rings. The largest absolute Gasteiger partial charge is 0.332 e. The van der Waals surface area contributed by atoms with Gasteiger partial charge in [-0.25, -0.2) is 9.78 Å². The number of nitrogens with one attached hydrogen (secondary N) is 2. The highest BCUT2D eigenvalue weighted by molar-refractivity contribution is 5.89. The van der Waals surface area contributed by atoms with Gasteiger partial charge in [-0.1, -0.05) is 6.07 Å². The van der Waals surface area contributed by atoms with Crippen LogP contribution in [0.2, 0.25) is 0 Å². The van der Waals surface area contributed by atoms with Gasteiger partial charge in [-0.05, 0) is 74.8 Å². The third kappa shape index (κ3) is 2.41. The number of carbonyl (C=O) groups is 1.